The molecule has 1 amide bonds. The van der Waals surface area contributed by atoms with E-state index in [0.717, 1.165) is 26.6 Å². The van der Waals surface area contributed by atoms with Crippen LogP contribution in [-0.2, 0) is 14.8 Å². The number of anilines is 1. The Labute approximate surface area is 217 Å². The first-order valence-electron chi connectivity index (χ1n) is 11.5. The van der Waals surface area contributed by atoms with E-state index >= 15 is 0 Å². The van der Waals surface area contributed by atoms with E-state index < -0.39 is 28.5 Å². The zero-order chi connectivity index (χ0) is 25.7. The van der Waals surface area contributed by atoms with E-state index in [1.165, 1.54) is 6.07 Å². The maximum absolute atomic E-state index is 13.7. The Morgan fingerprint density at radius 1 is 0.806 bits per heavy atom. The van der Waals surface area contributed by atoms with Crippen LogP contribution in [0.2, 0.25) is 5.02 Å². The normalized spacial score (nSPS) is 12.1. The first-order chi connectivity index (χ1) is 17.2. The largest absolute Gasteiger partial charge is 0.344 e. The van der Waals surface area contributed by atoms with Crippen LogP contribution < -0.4 is 9.62 Å². The number of carbonyl (C=O) groups is 1. The first kappa shape index (κ1) is 25.5. The summed E-state index contributed by atoms with van der Waals surface area (Å²) in [4.78, 5) is 13.5. The lowest BCUT2D eigenvalue weighted by molar-refractivity contribution is -0.120. The second kappa shape index (κ2) is 11.0. The topological polar surface area (TPSA) is 66.5 Å². The summed E-state index contributed by atoms with van der Waals surface area (Å²) in [5.74, 6) is -0.444. The third-order valence-corrected chi connectivity index (χ3v) is 7.86. The smallest absolute Gasteiger partial charge is 0.264 e. The van der Waals surface area contributed by atoms with Gasteiger partial charge in [0.25, 0.3) is 10.0 Å². The SMILES string of the molecule is Cc1ccc(C(NC(=O)CN(c2cccc(Cl)c2)S(=O)(=O)c2ccc(C)cc2)c2ccccc2)cc1. The van der Waals surface area contributed by atoms with Crippen LogP contribution >= 0.6 is 11.6 Å². The summed E-state index contributed by atoms with van der Waals surface area (Å²) >= 11 is 6.18. The first-order valence-corrected chi connectivity index (χ1v) is 13.3. The Morgan fingerprint density at radius 2 is 1.39 bits per heavy atom. The molecule has 0 radical (unpaired) electrons. The molecule has 0 bridgehead atoms. The highest BCUT2D eigenvalue weighted by molar-refractivity contribution is 7.92. The van der Waals surface area contributed by atoms with Crippen LogP contribution in [0.15, 0.2) is 108 Å². The Kier molecular flexibility index (Phi) is 7.77. The van der Waals surface area contributed by atoms with Crippen LogP contribution in [0.1, 0.15) is 28.3 Å². The maximum Gasteiger partial charge on any atom is 0.264 e. The summed E-state index contributed by atoms with van der Waals surface area (Å²) in [6.45, 7) is 3.47. The number of hydrogen-bond acceptors (Lipinski definition) is 3. The summed E-state index contributed by atoms with van der Waals surface area (Å²) in [5, 5.41) is 3.41. The zero-order valence-corrected chi connectivity index (χ0v) is 21.6. The minimum absolute atomic E-state index is 0.0963. The Hall–Kier alpha value is -3.61. The van der Waals surface area contributed by atoms with E-state index in [-0.39, 0.29) is 4.90 Å². The monoisotopic (exact) mass is 518 g/mol. The Bertz CT molecular complexity index is 1440. The molecule has 1 N–H and O–H groups in total. The molecule has 0 spiro atoms. The van der Waals surface area contributed by atoms with Crippen LogP contribution in [0, 0.1) is 13.8 Å². The number of rotatable bonds is 8. The van der Waals surface area contributed by atoms with E-state index in [2.05, 4.69) is 5.32 Å². The van der Waals surface area contributed by atoms with Gasteiger partial charge in [0.05, 0.1) is 16.6 Å². The van der Waals surface area contributed by atoms with Gasteiger partial charge in [0, 0.05) is 5.02 Å². The maximum atomic E-state index is 13.7. The third-order valence-electron chi connectivity index (χ3n) is 5.84. The van der Waals surface area contributed by atoms with Gasteiger partial charge in [-0.25, -0.2) is 8.42 Å². The molecule has 1 atom stereocenters. The number of nitrogens with zero attached hydrogens (tertiary/aromatic N) is 1. The second-order valence-corrected chi connectivity index (χ2v) is 10.9. The standard InChI is InChI=1S/C29H27ClN2O3S/c1-21-11-15-24(16-12-21)29(23-7-4-3-5-8-23)31-28(33)20-32(26-10-6-9-25(30)19-26)36(34,35)27-17-13-22(2)14-18-27/h3-19,29H,20H2,1-2H3,(H,31,33). The highest BCUT2D eigenvalue weighted by Gasteiger charge is 2.28. The van der Waals surface area contributed by atoms with Crippen molar-refractivity contribution in [2.45, 2.75) is 24.8 Å². The predicted molar refractivity (Wildman–Crippen MR) is 145 cm³/mol. The van der Waals surface area contributed by atoms with Crippen LogP contribution in [0.5, 0.6) is 0 Å². The lowest BCUT2D eigenvalue weighted by atomic mass is 9.98. The second-order valence-electron chi connectivity index (χ2n) is 8.63. The molecule has 4 rings (SSSR count). The van der Waals surface area contributed by atoms with Crippen LogP contribution in [0.25, 0.3) is 0 Å². The van der Waals surface area contributed by atoms with Gasteiger partial charge in [-0.05, 0) is 55.3 Å². The molecule has 0 fully saturated rings. The lowest BCUT2D eigenvalue weighted by Gasteiger charge is -2.26. The molecule has 1 unspecified atom stereocenters. The molecule has 0 aliphatic heterocycles. The molecule has 5 nitrogen and oxygen atoms in total. The Morgan fingerprint density at radius 3 is 2.00 bits per heavy atom. The van der Waals surface area contributed by atoms with Gasteiger partial charge in [0.1, 0.15) is 6.54 Å². The van der Waals surface area contributed by atoms with Crippen LogP contribution in [0.3, 0.4) is 0 Å². The number of amides is 1. The van der Waals surface area contributed by atoms with Gasteiger partial charge in [-0.3, -0.25) is 9.10 Å². The summed E-state index contributed by atoms with van der Waals surface area (Å²) in [6.07, 6.45) is 0. The summed E-state index contributed by atoms with van der Waals surface area (Å²) in [6, 6.07) is 30.1. The molecule has 0 aliphatic carbocycles. The quantitative estimate of drug-likeness (QED) is 0.308. The van der Waals surface area contributed by atoms with Gasteiger partial charge in [-0.1, -0.05) is 95.5 Å². The van der Waals surface area contributed by atoms with Crippen molar-refractivity contribution in [2.24, 2.45) is 0 Å². The van der Waals surface area contributed by atoms with Gasteiger partial charge in [-0.2, -0.15) is 0 Å². The third kappa shape index (κ3) is 5.96. The van der Waals surface area contributed by atoms with E-state index in [4.69, 9.17) is 11.6 Å². The van der Waals surface area contributed by atoms with E-state index in [1.54, 1.807) is 42.5 Å². The van der Waals surface area contributed by atoms with Crippen molar-refractivity contribution < 1.29 is 13.2 Å². The van der Waals surface area contributed by atoms with Crippen molar-refractivity contribution in [3.63, 3.8) is 0 Å². The van der Waals surface area contributed by atoms with Crippen molar-refractivity contribution in [3.8, 4) is 0 Å². The number of hydrogen-bond donors (Lipinski definition) is 1. The fourth-order valence-electron chi connectivity index (χ4n) is 3.88. The highest BCUT2D eigenvalue weighted by atomic mass is 35.5. The molecule has 0 aliphatic rings. The zero-order valence-electron chi connectivity index (χ0n) is 20.1. The fourth-order valence-corrected chi connectivity index (χ4v) is 5.48. The van der Waals surface area contributed by atoms with Crippen LogP contribution in [0.4, 0.5) is 5.69 Å². The molecule has 0 heterocycles. The summed E-state index contributed by atoms with van der Waals surface area (Å²) in [5.41, 5.74) is 4.14. The van der Waals surface area contributed by atoms with Gasteiger partial charge in [0.2, 0.25) is 5.91 Å². The number of benzene rings is 4. The molecule has 4 aromatic carbocycles. The lowest BCUT2D eigenvalue weighted by Crippen LogP contribution is -2.42. The highest BCUT2D eigenvalue weighted by Crippen LogP contribution is 2.27. The van der Waals surface area contributed by atoms with Gasteiger partial charge in [-0.15, -0.1) is 0 Å². The molecule has 0 aromatic heterocycles. The molecule has 184 valence electrons. The Balaban J connectivity index is 1.68. The minimum atomic E-state index is -4.04. The number of halogens is 1. The minimum Gasteiger partial charge on any atom is -0.344 e. The molecule has 0 saturated heterocycles. The molecular weight excluding hydrogens is 492 g/mol. The van der Waals surface area contributed by atoms with Crippen molar-refractivity contribution in [1.82, 2.24) is 5.32 Å². The molecular formula is C29H27ClN2O3S. The van der Waals surface area contributed by atoms with E-state index in [9.17, 15) is 13.2 Å². The molecule has 0 saturated carbocycles. The number of sulfonamides is 1. The average Bonchev–Trinajstić information content (AvgIpc) is 2.87. The van der Waals surface area contributed by atoms with Crippen molar-refractivity contribution in [1.29, 1.82) is 0 Å². The average molecular weight is 519 g/mol. The fraction of sp³-hybridized carbons (Fsp3) is 0.138. The van der Waals surface area contributed by atoms with Gasteiger partial charge < -0.3 is 5.32 Å². The summed E-state index contributed by atoms with van der Waals surface area (Å²) in [7, 11) is -4.04. The van der Waals surface area contributed by atoms with Crippen molar-refractivity contribution in [3.05, 3.63) is 130 Å². The van der Waals surface area contributed by atoms with Gasteiger partial charge in [0.15, 0.2) is 0 Å². The molecule has 7 heteroatoms. The number of carbonyl (C=O) groups excluding carboxylic acids is 1. The van der Waals surface area contributed by atoms with Crippen molar-refractivity contribution >= 4 is 33.2 Å². The predicted octanol–water partition coefficient (Wildman–Crippen LogP) is 6.06. The van der Waals surface area contributed by atoms with Crippen molar-refractivity contribution in [2.75, 3.05) is 10.8 Å². The number of aryl methyl sites for hydroxylation is 2. The van der Waals surface area contributed by atoms with Crippen LogP contribution in [-0.4, -0.2) is 20.9 Å². The van der Waals surface area contributed by atoms with Gasteiger partial charge >= 0.3 is 0 Å². The summed E-state index contributed by atoms with van der Waals surface area (Å²) < 4.78 is 28.4. The van der Waals surface area contributed by atoms with E-state index in [0.29, 0.717) is 10.7 Å². The molecule has 4 aromatic rings. The number of nitrogens with one attached hydrogen (secondary N) is 1. The van der Waals surface area contributed by atoms with E-state index in [1.807, 2.05) is 68.4 Å². The molecule has 36 heavy (non-hydrogen) atoms.